The average molecular weight is 375 g/mol. The number of fused-ring (bicyclic) bond motifs is 1. The van der Waals surface area contributed by atoms with Crippen LogP contribution in [0, 0.1) is 0 Å². The van der Waals surface area contributed by atoms with Crippen LogP contribution in [0.3, 0.4) is 0 Å². The van der Waals surface area contributed by atoms with Gasteiger partial charge in [-0.05, 0) is 30.3 Å². The fourth-order valence-electron chi connectivity index (χ4n) is 2.83. The summed E-state index contributed by atoms with van der Waals surface area (Å²) in [4.78, 5) is 13.9. The largest absolute Gasteiger partial charge is 0.497 e. The molecule has 134 valence electrons. The van der Waals surface area contributed by atoms with Gasteiger partial charge in [-0.3, -0.25) is 4.79 Å². The lowest BCUT2D eigenvalue weighted by atomic mass is 10.0. The third-order valence-electron chi connectivity index (χ3n) is 4.23. The molecule has 0 saturated carbocycles. The number of rotatable bonds is 6. The molecule has 0 aliphatic carbocycles. The van der Waals surface area contributed by atoms with Crippen LogP contribution in [0.4, 0.5) is 0 Å². The normalized spacial score (nSPS) is 10.9. The number of ketones is 1. The minimum atomic E-state index is -0.0274. The Bertz CT molecular complexity index is 1090. The van der Waals surface area contributed by atoms with Gasteiger partial charge in [0.15, 0.2) is 5.78 Å². The van der Waals surface area contributed by atoms with E-state index in [1.807, 2.05) is 71.4 Å². The standard InChI is InChI=1S/C21H17N3O2S/c1-26-16-11-12-20(17(13-16)21(25)15-7-3-2-4-8-15)27-14-24-19-10-6-5-9-18(19)22-23-24/h2-13H,14H2,1H3. The Morgan fingerprint density at radius 3 is 2.63 bits per heavy atom. The summed E-state index contributed by atoms with van der Waals surface area (Å²) >= 11 is 1.55. The van der Waals surface area contributed by atoms with Gasteiger partial charge in [-0.1, -0.05) is 47.7 Å². The Balaban J connectivity index is 1.65. The van der Waals surface area contributed by atoms with E-state index < -0.39 is 0 Å². The van der Waals surface area contributed by atoms with Crippen LogP contribution in [0.1, 0.15) is 15.9 Å². The zero-order chi connectivity index (χ0) is 18.6. The Kier molecular flexibility index (Phi) is 4.89. The van der Waals surface area contributed by atoms with Crippen LogP contribution in [0.5, 0.6) is 5.75 Å². The van der Waals surface area contributed by atoms with Gasteiger partial charge < -0.3 is 4.74 Å². The highest BCUT2D eigenvalue weighted by molar-refractivity contribution is 7.98. The number of carbonyl (C=O) groups excluding carboxylic acids is 1. The number of thioether (sulfide) groups is 1. The molecule has 6 heteroatoms. The zero-order valence-electron chi connectivity index (χ0n) is 14.7. The van der Waals surface area contributed by atoms with E-state index in [-0.39, 0.29) is 5.78 Å². The van der Waals surface area contributed by atoms with Crippen molar-refractivity contribution >= 4 is 28.6 Å². The second-order valence-corrected chi connectivity index (χ2v) is 6.90. The maximum absolute atomic E-state index is 13.0. The fourth-order valence-corrected chi connectivity index (χ4v) is 3.75. The van der Waals surface area contributed by atoms with E-state index in [2.05, 4.69) is 10.3 Å². The molecule has 3 aromatic carbocycles. The fraction of sp³-hybridized carbons (Fsp3) is 0.0952. The van der Waals surface area contributed by atoms with Gasteiger partial charge in [0.05, 0.1) is 18.5 Å². The van der Waals surface area contributed by atoms with Gasteiger partial charge in [-0.15, -0.1) is 16.9 Å². The van der Waals surface area contributed by atoms with Gasteiger partial charge in [0.25, 0.3) is 0 Å². The number of hydrogen-bond acceptors (Lipinski definition) is 5. The summed E-state index contributed by atoms with van der Waals surface area (Å²) in [7, 11) is 1.60. The minimum Gasteiger partial charge on any atom is -0.497 e. The molecule has 4 aromatic rings. The van der Waals surface area contributed by atoms with Crippen LogP contribution in [0.2, 0.25) is 0 Å². The van der Waals surface area contributed by atoms with Crippen molar-refractivity contribution in [2.75, 3.05) is 7.11 Å². The molecular formula is C21H17N3O2S. The van der Waals surface area contributed by atoms with E-state index >= 15 is 0 Å². The van der Waals surface area contributed by atoms with E-state index in [9.17, 15) is 4.79 Å². The Labute approximate surface area is 161 Å². The lowest BCUT2D eigenvalue weighted by Gasteiger charge is -2.11. The Hall–Kier alpha value is -3.12. The van der Waals surface area contributed by atoms with E-state index in [0.717, 1.165) is 15.9 Å². The lowest BCUT2D eigenvalue weighted by Crippen LogP contribution is -2.05. The maximum atomic E-state index is 13.0. The number of aromatic nitrogens is 3. The summed E-state index contributed by atoms with van der Waals surface area (Å²) in [6, 6.07) is 22.7. The predicted octanol–water partition coefficient (Wildman–Crippen LogP) is 4.42. The van der Waals surface area contributed by atoms with E-state index in [0.29, 0.717) is 22.8 Å². The van der Waals surface area contributed by atoms with Crippen LogP contribution in [-0.2, 0) is 5.88 Å². The first-order valence-electron chi connectivity index (χ1n) is 8.45. The summed E-state index contributed by atoms with van der Waals surface area (Å²) in [5.41, 5.74) is 3.09. The molecule has 0 N–H and O–H groups in total. The SMILES string of the molecule is COc1ccc(SCn2nnc3ccccc32)c(C(=O)c2ccccc2)c1. The molecule has 0 aliphatic rings. The molecule has 0 spiro atoms. The van der Waals surface area contributed by atoms with E-state index in [1.165, 1.54) is 0 Å². The molecule has 0 bridgehead atoms. The molecule has 0 atom stereocenters. The minimum absolute atomic E-state index is 0.0274. The highest BCUT2D eigenvalue weighted by Gasteiger charge is 2.16. The van der Waals surface area contributed by atoms with Crippen LogP contribution in [0.15, 0.2) is 77.7 Å². The second kappa shape index (κ2) is 7.63. The number of benzene rings is 3. The van der Waals surface area contributed by atoms with Gasteiger partial charge in [-0.25, -0.2) is 4.68 Å². The summed E-state index contributed by atoms with van der Waals surface area (Å²) in [6.07, 6.45) is 0. The van der Waals surface area contributed by atoms with Gasteiger partial charge in [0.1, 0.15) is 11.3 Å². The van der Waals surface area contributed by atoms with Crippen LogP contribution in [0.25, 0.3) is 11.0 Å². The average Bonchev–Trinajstić information content (AvgIpc) is 3.15. The van der Waals surface area contributed by atoms with Crippen molar-refractivity contribution in [1.82, 2.24) is 15.0 Å². The van der Waals surface area contributed by atoms with E-state index in [1.54, 1.807) is 24.9 Å². The van der Waals surface area contributed by atoms with Crippen molar-refractivity contribution in [3.8, 4) is 5.75 Å². The molecule has 0 amide bonds. The summed E-state index contributed by atoms with van der Waals surface area (Å²) in [5, 5.41) is 8.39. The predicted molar refractivity (Wildman–Crippen MR) is 106 cm³/mol. The maximum Gasteiger partial charge on any atom is 0.194 e. The van der Waals surface area contributed by atoms with Gasteiger partial charge in [0, 0.05) is 16.0 Å². The van der Waals surface area contributed by atoms with Crippen LogP contribution in [-0.4, -0.2) is 27.9 Å². The highest BCUT2D eigenvalue weighted by Crippen LogP contribution is 2.30. The van der Waals surface area contributed by atoms with Crippen molar-refractivity contribution < 1.29 is 9.53 Å². The van der Waals surface area contributed by atoms with Crippen LogP contribution < -0.4 is 4.74 Å². The molecule has 0 radical (unpaired) electrons. The molecule has 0 fully saturated rings. The van der Waals surface area contributed by atoms with Crippen LogP contribution >= 0.6 is 11.8 Å². The molecular weight excluding hydrogens is 358 g/mol. The number of ether oxygens (including phenoxy) is 1. The summed E-state index contributed by atoms with van der Waals surface area (Å²) in [6.45, 7) is 0. The quantitative estimate of drug-likeness (QED) is 0.369. The molecule has 0 saturated heterocycles. The number of para-hydroxylation sites is 1. The second-order valence-electron chi connectivity index (χ2n) is 5.91. The Morgan fingerprint density at radius 1 is 1.04 bits per heavy atom. The first-order chi connectivity index (χ1) is 13.3. The first-order valence-corrected chi connectivity index (χ1v) is 9.43. The van der Waals surface area contributed by atoms with Crippen molar-refractivity contribution in [2.24, 2.45) is 0 Å². The van der Waals surface area contributed by atoms with Gasteiger partial charge in [0.2, 0.25) is 0 Å². The van der Waals surface area contributed by atoms with Gasteiger partial charge >= 0.3 is 0 Å². The van der Waals surface area contributed by atoms with Crippen molar-refractivity contribution in [3.63, 3.8) is 0 Å². The number of nitrogens with zero attached hydrogens (tertiary/aromatic N) is 3. The molecule has 1 heterocycles. The third-order valence-corrected chi connectivity index (χ3v) is 5.27. The molecule has 4 rings (SSSR count). The number of carbonyl (C=O) groups is 1. The molecule has 0 aliphatic heterocycles. The monoisotopic (exact) mass is 375 g/mol. The molecule has 1 aromatic heterocycles. The third kappa shape index (κ3) is 3.57. The van der Waals surface area contributed by atoms with E-state index in [4.69, 9.17) is 4.74 Å². The Morgan fingerprint density at radius 2 is 1.81 bits per heavy atom. The van der Waals surface area contributed by atoms with Crippen molar-refractivity contribution in [3.05, 3.63) is 83.9 Å². The summed E-state index contributed by atoms with van der Waals surface area (Å²) in [5.74, 6) is 1.19. The highest BCUT2D eigenvalue weighted by atomic mass is 32.2. The van der Waals surface area contributed by atoms with Crippen molar-refractivity contribution in [2.45, 2.75) is 10.8 Å². The number of methoxy groups -OCH3 is 1. The smallest absolute Gasteiger partial charge is 0.194 e. The summed E-state index contributed by atoms with van der Waals surface area (Å²) < 4.78 is 7.15. The van der Waals surface area contributed by atoms with Gasteiger partial charge in [-0.2, -0.15) is 0 Å². The van der Waals surface area contributed by atoms with Crippen molar-refractivity contribution in [1.29, 1.82) is 0 Å². The molecule has 0 unspecified atom stereocenters. The molecule has 5 nitrogen and oxygen atoms in total. The topological polar surface area (TPSA) is 57.0 Å². The molecule has 27 heavy (non-hydrogen) atoms. The first kappa shape index (κ1) is 17.3. The number of hydrogen-bond donors (Lipinski definition) is 0. The lowest BCUT2D eigenvalue weighted by molar-refractivity contribution is 0.103. The zero-order valence-corrected chi connectivity index (χ0v) is 15.5.